The Labute approximate surface area is 93.9 Å². The van der Waals surface area contributed by atoms with Crippen molar-refractivity contribution < 1.29 is 5.11 Å². The monoisotopic (exact) mass is 214 g/mol. The summed E-state index contributed by atoms with van der Waals surface area (Å²) in [4.78, 5) is 2.35. The van der Waals surface area contributed by atoms with Gasteiger partial charge in [-0.1, -0.05) is 6.92 Å². The summed E-state index contributed by atoms with van der Waals surface area (Å²) in [5, 5.41) is 12.9. The molecule has 0 aromatic heterocycles. The van der Waals surface area contributed by atoms with Crippen molar-refractivity contribution in [2.75, 3.05) is 27.2 Å². The first-order chi connectivity index (χ1) is 7.09. The van der Waals surface area contributed by atoms with Crippen LogP contribution in [-0.4, -0.2) is 48.8 Å². The zero-order valence-corrected chi connectivity index (χ0v) is 10.6. The van der Waals surface area contributed by atoms with E-state index in [2.05, 4.69) is 31.1 Å². The summed E-state index contributed by atoms with van der Waals surface area (Å²) in [7, 11) is 4.12. The molecular formula is C12H26N2O. The Bertz CT molecular complexity index is 188. The summed E-state index contributed by atoms with van der Waals surface area (Å²) in [6.45, 7) is 5.64. The molecule has 0 bridgehead atoms. The number of nitrogens with one attached hydrogen (secondary N) is 1. The Morgan fingerprint density at radius 1 is 1.53 bits per heavy atom. The lowest BCUT2D eigenvalue weighted by Gasteiger charge is -2.38. The van der Waals surface area contributed by atoms with Crippen LogP contribution in [0.1, 0.15) is 33.1 Å². The third-order valence-corrected chi connectivity index (χ3v) is 4.01. The average Bonchev–Trinajstić information content (AvgIpc) is 3.08. The molecule has 0 radical (unpaired) electrons. The fourth-order valence-corrected chi connectivity index (χ4v) is 2.22. The molecule has 0 aromatic carbocycles. The van der Waals surface area contributed by atoms with Crippen LogP contribution in [-0.2, 0) is 0 Å². The number of aliphatic hydroxyl groups excluding tert-OH is 1. The fraction of sp³-hybridized carbons (Fsp3) is 1.00. The van der Waals surface area contributed by atoms with Gasteiger partial charge in [-0.2, -0.15) is 0 Å². The highest BCUT2D eigenvalue weighted by Crippen LogP contribution is 2.39. The lowest BCUT2D eigenvalue weighted by Crippen LogP contribution is -2.57. The van der Waals surface area contributed by atoms with Crippen LogP contribution in [0.3, 0.4) is 0 Å². The fourth-order valence-electron chi connectivity index (χ4n) is 2.22. The second-order valence-corrected chi connectivity index (χ2v) is 5.01. The van der Waals surface area contributed by atoms with Crippen molar-refractivity contribution in [1.82, 2.24) is 10.2 Å². The van der Waals surface area contributed by atoms with Crippen molar-refractivity contribution >= 4 is 0 Å². The van der Waals surface area contributed by atoms with Crippen molar-refractivity contribution in [3.63, 3.8) is 0 Å². The number of likely N-dealkylation sites (N-methyl/N-ethyl adjacent to an activating group) is 2. The highest BCUT2D eigenvalue weighted by Gasteiger charge is 2.44. The van der Waals surface area contributed by atoms with Crippen LogP contribution in [0, 0.1) is 5.92 Å². The van der Waals surface area contributed by atoms with Gasteiger partial charge in [-0.3, -0.25) is 0 Å². The summed E-state index contributed by atoms with van der Waals surface area (Å²) in [6, 6.07) is 0.586. The molecule has 90 valence electrons. The third-order valence-electron chi connectivity index (χ3n) is 4.01. The van der Waals surface area contributed by atoms with E-state index >= 15 is 0 Å². The van der Waals surface area contributed by atoms with Gasteiger partial charge in [0.05, 0.1) is 12.1 Å². The molecule has 3 nitrogen and oxygen atoms in total. The van der Waals surface area contributed by atoms with Gasteiger partial charge in [-0.05, 0) is 46.2 Å². The van der Waals surface area contributed by atoms with Crippen LogP contribution in [0.4, 0.5) is 0 Å². The maximum Gasteiger partial charge on any atom is 0.0628 e. The van der Waals surface area contributed by atoms with Crippen molar-refractivity contribution in [2.24, 2.45) is 5.92 Å². The minimum absolute atomic E-state index is 0.0712. The predicted molar refractivity (Wildman–Crippen MR) is 64.0 cm³/mol. The smallest absolute Gasteiger partial charge is 0.0628 e. The lowest BCUT2D eigenvalue weighted by atomic mass is 9.93. The Kier molecular flexibility index (Phi) is 4.56. The van der Waals surface area contributed by atoms with Crippen molar-refractivity contribution in [2.45, 2.75) is 44.7 Å². The summed E-state index contributed by atoms with van der Waals surface area (Å²) in [5.74, 6) is 0.666. The molecule has 0 amide bonds. The molecule has 2 unspecified atom stereocenters. The molecule has 0 aromatic rings. The molecule has 1 saturated carbocycles. The van der Waals surface area contributed by atoms with Gasteiger partial charge in [0.2, 0.25) is 0 Å². The SMILES string of the molecule is CCC(C)N(C)CC(CO)(NC)C1CC1. The van der Waals surface area contributed by atoms with E-state index < -0.39 is 0 Å². The molecule has 1 aliphatic carbocycles. The minimum Gasteiger partial charge on any atom is -0.394 e. The van der Waals surface area contributed by atoms with Gasteiger partial charge >= 0.3 is 0 Å². The summed E-state index contributed by atoms with van der Waals surface area (Å²) in [5.41, 5.74) is -0.0712. The van der Waals surface area contributed by atoms with E-state index in [1.807, 2.05) is 7.05 Å². The summed E-state index contributed by atoms with van der Waals surface area (Å²) < 4.78 is 0. The van der Waals surface area contributed by atoms with Crippen LogP contribution in [0.15, 0.2) is 0 Å². The molecule has 2 N–H and O–H groups in total. The molecule has 1 rings (SSSR count). The van der Waals surface area contributed by atoms with E-state index in [9.17, 15) is 5.11 Å². The lowest BCUT2D eigenvalue weighted by molar-refractivity contribution is 0.0920. The van der Waals surface area contributed by atoms with E-state index in [1.54, 1.807) is 0 Å². The quantitative estimate of drug-likeness (QED) is 0.665. The second kappa shape index (κ2) is 5.28. The molecule has 1 aliphatic rings. The number of aliphatic hydroxyl groups is 1. The minimum atomic E-state index is -0.0712. The predicted octanol–water partition coefficient (Wildman–Crippen LogP) is 1.08. The first-order valence-corrected chi connectivity index (χ1v) is 6.09. The number of hydrogen-bond acceptors (Lipinski definition) is 3. The third kappa shape index (κ3) is 2.92. The Hall–Kier alpha value is -0.120. The van der Waals surface area contributed by atoms with Crippen LogP contribution in [0.25, 0.3) is 0 Å². The van der Waals surface area contributed by atoms with E-state index in [0.29, 0.717) is 12.0 Å². The van der Waals surface area contributed by atoms with Crippen molar-refractivity contribution in [3.8, 4) is 0 Å². The van der Waals surface area contributed by atoms with Crippen LogP contribution >= 0.6 is 0 Å². The van der Waals surface area contributed by atoms with Gasteiger partial charge in [-0.15, -0.1) is 0 Å². The highest BCUT2D eigenvalue weighted by molar-refractivity contribution is 5.02. The van der Waals surface area contributed by atoms with Gasteiger partial charge in [0.25, 0.3) is 0 Å². The summed E-state index contributed by atoms with van der Waals surface area (Å²) in [6.07, 6.45) is 3.68. The number of hydrogen-bond donors (Lipinski definition) is 2. The summed E-state index contributed by atoms with van der Waals surface area (Å²) >= 11 is 0. The Morgan fingerprint density at radius 3 is 2.47 bits per heavy atom. The molecular weight excluding hydrogens is 188 g/mol. The normalized spacial score (nSPS) is 22.8. The van der Waals surface area contributed by atoms with Crippen LogP contribution in [0.5, 0.6) is 0 Å². The first-order valence-electron chi connectivity index (χ1n) is 6.09. The van der Waals surface area contributed by atoms with Gasteiger partial charge in [0, 0.05) is 12.6 Å². The topological polar surface area (TPSA) is 35.5 Å². The molecule has 0 heterocycles. The molecule has 1 fully saturated rings. The molecule has 0 aliphatic heterocycles. The van der Waals surface area contributed by atoms with Crippen molar-refractivity contribution in [3.05, 3.63) is 0 Å². The zero-order valence-electron chi connectivity index (χ0n) is 10.6. The highest BCUT2D eigenvalue weighted by atomic mass is 16.3. The molecule has 0 spiro atoms. The Morgan fingerprint density at radius 2 is 2.13 bits per heavy atom. The van der Waals surface area contributed by atoms with Gasteiger partial charge < -0.3 is 15.3 Å². The van der Waals surface area contributed by atoms with Gasteiger partial charge in [0.1, 0.15) is 0 Å². The largest absolute Gasteiger partial charge is 0.394 e. The molecule has 3 heteroatoms. The maximum absolute atomic E-state index is 9.60. The van der Waals surface area contributed by atoms with Crippen LogP contribution in [0.2, 0.25) is 0 Å². The van der Waals surface area contributed by atoms with E-state index in [-0.39, 0.29) is 12.1 Å². The average molecular weight is 214 g/mol. The Balaban J connectivity index is 2.57. The van der Waals surface area contributed by atoms with E-state index in [1.165, 1.54) is 12.8 Å². The van der Waals surface area contributed by atoms with Crippen LogP contribution < -0.4 is 5.32 Å². The molecule has 0 saturated heterocycles. The first kappa shape index (κ1) is 12.9. The number of rotatable bonds is 7. The second-order valence-electron chi connectivity index (χ2n) is 5.01. The van der Waals surface area contributed by atoms with E-state index in [4.69, 9.17) is 0 Å². The standard InChI is InChI=1S/C12H26N2O/c1-5-10(2)14(4)8-12(9-15,13-3)11-6-7-11/h10-11,13,15H,5-9H2,1-4H3. The van der Waals surface area contributed by atoms with Gasteiger partial charge in [-0.25, -0.2) is 0 Å². The van der Waals surface area contributed by atoms with E-state index in [0.717, 1.165) is 13.0 Å². The zero-order chi connectivity index (χ0) is 11.5. The van der Waals surface area contributed by atoms with Crippen molar-refractivity contribution in [1.29, 1.82) is 0 Å². The molecule has 15 heavy (non-hydrogen) atoms. The maximum atomic E-state index is 9.60. The number of nitrogens with zero attached hydrogens (tertiary/aromatic N) is 1. The van der Waals surface area contributed by atoms with Gasteiger partial charge in [0.15, 0.2) is 0 Å². The molecule has 2 atom stereocenters.